The Balaban J connectivity index is 1.88. The number of rotatable bonds is 4. The van der Waals surface area contributed by atoms with Crippen LogP contribution in [-0.2, 0) is 6.61 Å². The first-order valence-electron chi connectivity index (χ1n) is 6.45. The molecule has 5 heteroatoms. The third-order valence-corrected chi connectivity index (χ3v) is 2.89. The van der Waals surface area contributed by atoms with Gasteiger partial charge in [-0.05, 0) is 17.7 Å². The standard InChI is InChI=1S/C16H12N4O/c17-11-14-10-16(21-12-13-6-2-1-3-7-13)20(19-14)15-8-4-5-9-18-15/h1-10H,12H2. The van der Waals surface area contributed by atoms with Crippen molar-refractivity contribution in [2.45, 2.75) is 6.61 Å². The second kappa shape index (κ2) is 5.88. The lowest BCUT2D eigenvalue weighted by Gasteiger charge is -2.08. The highest BCUT2D eigenvalue weighted by molar-refractivity contribution is 5.34. The van der Waals surface area contributed by atoms with Gasteiger partial charge in [-0.25, -0.2) is 4.98 Å². The molecule has 0 spiro atoms. The van der Waals surface area contributed by atoms with Crippen LogP contribution in [0.25, 0.3) is 5.82 Å². The molecule has 102 valence electrons. The molecule has 0 saturated carbocycles. The van der Waals surface area contributed by atoms with Crippen molar-refractivity contribution in [1.82, 2.24) is 14.8 Å². The summed E-state index contributed by atoms with van der Waals surface area (Å²) in [6.07, 6.45) is 1.67. The SMILES string of the molecule is N#Cc1cc(OCc2ccccc2)n(-c2ccccn2)n1. The number of nitrogens with zero attached hydrogens (tertiary/aromatic N) is 4. The maximum Gasteiger partial charge on any atom is 0.219 e. The molecule has 0 radical (unpaired) electrons. The number of hydrogen-bond donors (Lipinski definition) is 0. The monoisotopic (exact) mass is 276 g/mol. The topological polar surface area (TPSA) is 63.7 Å². The number of aromatic nitrogens is 3. The van der Waals surface area contributed by atoms with Crippen molar-refractivity contribution in [3.8, 4) is 17.8 Å². The summed E-state index contributed by atoms with van der Waals surface area (Å²) in [7, 11) is 0. The van der Waals surface area contributed by atoms with E-state index in [-0.39, 0.29) is 0 Å². The molecule has 3 aromatic rings. The minimum Gasteiger partial charge on any atom is -0.473 e. The maximum absolute atomic E-state index is 9.01. The van der Waals surface area contributed by atoms with Crippen molar-refractivity contribution in [2.75, 3.05) is 0 Å². The Bertz CT molecular complexity index is 760. The molecule has 0 aliphatic heterocycles. The highest BCUT2D eigenvalue weighted by Crippen LogP contribution is 2.19. The van der Waals surface area contributed by atoms with Crippen LogP contribution in [0.3, 0.4) is 0 Å². The summed E-state index contributed by atoms with van der Waals surface area (Å²) in [5.41, 5.74) is 1.34. The van der Waals surface area contributed by atoms with Crippen LogP contribution in [0.2, 0.25) is 0 Å². The smallest absolute Gasteiger partial charge is 0.219 e. The average molecular weight is 276 g/mol. The van der Waals surface area contributed by atoms with Gasteiger partial charge in [0.15, 0.2) is 11.5 Å². The van der Waals surface area contributed by atoms with E-state index in [1.54, 1.807) is 12.3 Å². The highest BCUT2D eigenvalue weighted by atomic mass is 16.5. The van der Waals surface area contributed by atoms with Gasteiger partial charge in [-0.2, -0.15) is 15.0 Å². The molecule has 0 aliphatic rings. The second-order valence-electron chi connectivity index (χ2n) is 4.35. The predicted octanol–water partition coefficient (Wildman–Crippen LogP) is 2.72. The Morgan fingerprint density at radius 2 is 1.90 bits per heavy atom. The lowest BCUT2D eigenvalue weighted by atomic mass is 10.2. The van der Waals surface area contributed by atoms with E-state index >= 15 is 0 Å². The van der Waals surface area contributed by atoms with Gasteiger partial charge >= 0.3 is 0 Å². The van der Waals surface area contributed by atoms with Crippen LogP contribution in [0.5, 0.6) is 5.88 Å². The van der Waals surface area contributed by atoms with E-state index in [1.165, 1.54) is 4.68 Å². The highest BCUT2D eigenvalue weighted by Gasteiger charge is 2.11. The molecule has 0 aliphatic carbocycles. The van der Waals surface area contributed by atoms with Crippen LogP contribution in [0, 0.1) is 11.3 Å². The summed E-state index contributed by atoms with van der Waals surface area (Å²) < 4.78 is 7.30. The second-order valence-corrected chi connectivity index (χ2v) is 4.35. The Morgan fingerprint density at radius 1 is 1.10 bits per heavy atom. The Labute approximate surface area is 122 Å². The first-order chi connectivity index (χ1) is 10.4. The lowest BCUT2D eigenvalue weighted by molar-refractivity contribution is 0.284. The van der Waals surface area contributed by atoms with Gasteiger partial charge in [0.2, 0.25) is 5.88 Å². The zero-order valence-electron chi connectivity index (χ0n) is 11.2. The number of ether oxygens (including phenoxy) is 1. The normalized spacial score (nSPS) is 10.0. The molecule has 2 heterocycles. The van der Waals surface area contributed by atoms with Crippen molar-refractivity contribution in [2.24, 2.45) is 0 Å². The Kier molecular flexibility index (Phi) is 3.61. The number of hydrogen-bond acceptors (Lipinski definition) is 4. The average Bonchev–Trinajstić information content (AvgIpc) is 2.98. The van der Waals surface area contributed by atoms with Crippen LogP contribution in [0.15, 0.2) is 60.8 Å². The van der Waals surface area contributed by atoms with Crippen molar-refractivity contribution in [3.63, 3.8) is 0 Å². The van der Waals surface area contributed by atoms with Crippen LogP contribution in [-0.4, -0.2) is 14.8 Å². The fourth-order valence-corrected chi connectivity index (χ4v) is 1.90. The molecular formula is C16H12N4O. The Hall–Kier alpha value is -3.13. The summed E-state index contributed by atoms with van der Waals surface area (Å²) in [5, 5.41) is 13.2. The van der Waals surface area contributed by atoms with E-state index in [1.807, 2.05) is 54.6 Å². The van der Waals surface area contributed by atoms with Crippen LogP contribution >= 0.6 is 0 Å². The van der Waals surface area contributed by atoms with Crippen molar-refractivity contribution in [1.29, 1.82) is 5.26 Å². The number of pyridine rings is 1. The van der Waals surface area contributed by atoms with Crippen LogP contribution in [0.4, 0.5) is 0 Å². The third-order valence-electron chi connectivity index (χ3n) is 2.89. The molecule has 0 fully saturated rings. The number of nitriles is 1. The summed E-state index contributed by atoms with van der Waals surface area (Å²) in [6, 6.07) is 18.9. The van der Waals surface area contributed by atoms with Crippen molar-refractivity contribution in [3.05, 3.63) is 72.1 Å². The van der Waals surface area contributed by atoms with E-state index in [9.17, 15) is 0 Å². The van der Waals surface area contributed by atoms with Gasteiger partial charge in [0, 0.05) is 12.3 Å². The van der Waals surface area contributed by atoms with Gasteiger partial charge in [0.25, 0.3) is 0 Å². The number of benzene rings is 1. The molecule has 21 heavy (non-hydrogen) atoms. The van der Waals surface area contributed by atoms with Gasteiger partial charge < -0.3 is 4.74 Å². The minimum absolute atomic E-state index is 0.295. The largest absolute Gasteiger partial charge is 0.473 e. The zero-order valence-corrected chi connectivity index (χ0v) is 11.2. The molecule has 1 aromatic carbocycles. The molecule has 0 unspecified atom stereocenters. The summed E-state index contributed by atoms with van der Waals surface area (Å²) in [6.45, 7) is 0.407. The van der Waals surface area contributed by atoms with E-state index in [0.717, 1.165) is 5.56 Å². The van der Waals surface area contributed by atoms with Gasteiger partial charge in [-0.15, -0.1) is 0 Å². The molecule has 0 saturated heterocycles. The van der Waals surface area contributed by atoms with Crippen molar-refractivity contribution >= 4 is 0 Å². The molecule has 0 atom stereocenters. The van der Waals surface area contributed by atoms with E-state index in [0.29, 0.717) is 24.0 Å². The van der Waals surface area contributed by atoms with Gasteiger partial charge in [0.1, 0.15) is 12.7 Å². The predicted molar refractivity (Wildman–Crippen MR) is 76.8 cm³/mol. The molecule has 5 nitrogen and oxygen atoms in total. The lowest BCUT2D eigenvalue weighted by Crippen LogP contribution is -2.04. The van der Waals surface area contributed by atoms with Gasteiger partial charge in [-0.3, -0.25) is 0 Å². The summed E-state index contributed by atoms with van der Waals surface area (Å²) in [4.78, 5) is 4.22. The molecular weight excluding hydrogens is 264 g/mol. The molecule has 0 N–H and O–H groups in total. The summed E-state index contributed by atoms with van der Waals surface area (Å²) in [5.74, 6) is 1.11. The van der Waals surface area contributed by atoms with Crippen LogP contribution in [0.1, 0.15) is 11.3 Å². The van der Waals surface area contributed by atoms with Gasteiger partial charge in [-0.1, -0.05) is 36.4 Å². The fourth-order valence-electron chi connectivity index (χ4n) is 1.90. The van der Waals surface area contributed by atoms with Crippen molar-refractivity contribution < 1.29 is 4.74 Å². The zero-order chi connectivity index (χ0) is 14.5. The molecule has 2 aromatic heterocycles. The van der Waals surface area contributed by atoms with E-state index < -0.39 is 0 Å². The Morgan fingerprint density at radius 3 is 2.62 bits per heavy atom. The quantitative estimate of drug-likeness (QED) is 0.735. The molecule has 0 bridgehead atoms. The first-order valence-corrected chi connectivity index (χ1v) is 6.45. The third kappa shape index (κ3) is 2.90. The van der Waals surface area contributed by atoms with Crippen LogP contribution < -0.4 is 4.74 Å². The fraction of sp³-hybridized carbons (Fsp3) is 0.0625. The molecule has 0 amide bonds. The minimum atomic E-state index is 0.295. The van der Waals surface area contributed by atoms with Gasteiger partial charge in [0.05, 0.1) is 0 Å². The van der Waals surface area contributed by atoms with E-state index in [4.69, 9.17) is 10.00 Å². The summed E-state index contributed by atoms with van der Waals surface area (Å²) >= 11 is 0. The van der Waals surface area contributed by atoms with E-state index in [2.05, 4.69) is 10.1 Å². The first kappa shape index (κ1) is 12.9. The maximum atomic E-state index is 9.01. The molecule has 3 rings (SSSR count).